The van der Waals surface area contributed by atoms with Crippen LogP contribution >= 0.6 is 0 Å². The molecule has 2 fully saturated rings. The molecule has 2 aromatic rings. The molecule has 3 heterocycles. The fourth-order valence-electron chi connectivity index (χ4n) is 4.00. The molecule has 148 valence electrons. The fourth-order valence-corrected chi connectivity index (χ4v) is 4.00. The van der Waals surface area contributed by atoms with Crippen LogP contribution in [0.2, 0.25) is 0 Å². The monoisotopic (exact) mass is 387 g/mol. The number of amides is 2. The van der Waals surface area contributed by atoms with Crippen LogP contribution in [-0.2, 0) is 4.79 Å². The fraction of sp³-hybridized carbons (Fsp3) is 0.474. The van der Waals surface area contributed by atoms with Crippen molar-refractivity contribution in [3.8, 4) is 17.1 Å². The minimum Gasteiger partial charge on any atom is -0.481 e. The SMILES string of the molecule is CNC(=O)C1CCN(C(=O)c2cc(-c3cc(OC)ncc3F)n[nH]2)C2(CC2)C1. The van der Waals surface area contributed by atoms with Gasteiger partial charge in [-0.25, -0.2) is 9.37 Å². The van der Waals surface area contributed by atoms with Gasteiger partial charge in [0.25, 0.3) is 5.91 Å². The van der Waals surface area contributed by atoms with Crippen molar-refractivity contribution in [1.29, 1.82) is 0 Å². The maximum absolute atomic E-state index is 14.1. The highest BCUT2D eigenvalue weighted by Gasteiger charge is 2.54. The highest BCUT2D eigenvalue weighted by molar-refractivity contribution is 5.94. The number of H-pyrrole nitrogens is 1. The molecule has 4 rings (SSSR count). The summed E-state index contributed by atoms with van der Waals surface area (Å²) in [5.74, 6) is -0.485. The lowest BCUT2D eigenvalue weighted by Crippen LogP contribution is -2.50. The van der Waals surface area contributed by atoms with E-state index in [0.717, 1.165) is 19.0 Å². The molecule has 2 N–H and O–H groups in total. The lowest BCUT2D eigenvalue weighted by atomic mass is 9.88. The number of hydrogen-bond donors (Lipinski definition) is 2. The van der Waals surface area contributed by atoms with Gasteiger partial charge in [0.05, 0.1) is 19.0 Å². The standard InChI is InChI=1S/C19H22FN5O3/c1-21-17(26)11-3-6-25(19(9-11)4-5-19)18(27)15-8-14(23-24-15)12-7-16(28-2)22-10-13(12)20/h7-8,10-11H,3-6,9H2,1-2H3,(H,21,26)(H,23,24). The third-order valence-corrected chi connectivity index (χ3v) is 5.71. The molecule has 2 amide bonds. The van der Waals surface area contributed by atoms with E-state index in [0.29, 0.717) is 30.8 Å². The Morgan fingerprint density at radius 1 is 1.39 bits per heavy atom. The lowest BCUT2D eigenvalue weighted by Gasteiger charge is -2.39. The summed E-state index contributed by atoms with van der Waals surface area (Å²) in [6, 6.07) is 2.98. The molecule has 1 saturated carbocycles. The highest BCUT2D eigenvalue weighted by Crippen LogP contribution is 2.50. The van der Waals surface area contributed by atoms with Gasteiger partial charge in [-0.1, -0.05) is 0 Å². The van der Waals surface area contributed by atoms with Crippen molar-refractivity contribution in [2.24, 2.45) is 5.92 Å². The zero-order chi connectivity index (χ0) is 19.9. The molecule has 1 unspecified atom stereocenters. The van der Waals surface area contributed by atoms with Gasteiger partial charge < -0.3 is 15.0 Å². The molecule has 28 heavy (non-hydrogen) atoms. The number of nitrogens with zero attached hydrogens (tertiary/aromatic N) is 3. The van der Waals surface area contributed by atoms with E-state index in [1.807, 2.05) is 4.90 Å². The molecule has 0 aromatic carbocycles. The number of halogens is 1. The second kappa shape index (κ2) is 6.88. The first-order valence-corrected chi connectivity index (χ1v) is 9.26. The summed E-state index contributed by atoms with van der Waals surface area (Å²) in [4.78, 5) is 30.7. The minimum atomic E-state index is -0.545. The molecule has 1 aliphatic carbocycles. The van der Waals surface area contributed by atoms with E-state index in [9.17, 15) is 14.0 Å². The normalized spacial score (nSPS) is 20.1. The van der Waals surface area contributed by atoms with Crippen molar-refractivity contribution < 1.29 is 18.7 Å². The Bertz CT molecular complexity index is 924. The Kier molecular flexibility index (Phi) is 4.52. The summed E-state index contributed by atoms with van der Waals surface area (Å²) in [6.45, 7) is 0.517. The Morgan fingerprint density at radius 3 is 2.86 bits per heavy atom. The van der Waals surface area contributed by atoms with Crippen molar-refractivity contribution >= 4 is 11.8 Å². The number of piperidine rings is 1. The predicted molar refractivity (Wildman–Crippen MR) is 98.1 cm³/mol. The Hall–Kier alpha value is -2.97. The Morgan fingerprint density at radius 2 is 2.18 bits per heavy atom. The topological polar surface area (TPSA) is 100 Å². The molecule has 0 radical (unpaired) electrons. The first-order valence-electron chi connectivity index (χ1n) is 9.26. The number of pyridine rings is 1. The number of aromatic nitrogens is 3. The summed E-state index contributed by atoms with van der Waals surface area (Å²) in [5, 5.41) is 9.53. The van der Waals surface area contributed by atoms with E-state index in [1.54, 1.807) is 13.1 Å². The van der Waals surface area contributed by atoms with Gasteiger partial charge in [-0.15, -0.1) is 0 Å². The van der Waals surface area contributed by atoms with Crippen LogP contribution in [0.15, 0.2) is 18.3 Å². The number of aromatic amines is 1. The maximum atomic E-state index is 14.1. The number of ether oxygens (including phenoxy) is 1. The van der Waals surface area contributed by atoms with E-state index in [-0.39, 0.29) is 34.7 Å². The van der Waals surface area contributed by atoms with Gasteiger partial charge in [0.15, 0.2) is 5.82 Å². The number of likely N-dealkylation sites (tertiary alicyclic amines) is 1. The minimum absolute atomic E-state index is 0.0318. The molecular formula is C19H22FN5O3. The molecule has 2 aliphatic rings. The maximum Gasteiger partial charge on any atom is 0.272 e. The largest absolute Gasteiger partial charge is 0.481 e. The summed E-state index contributed by atoms with van der Waals surface area (Å²) in [5.41, 5.74) is 0.575. The first kappa shape index (κ1) is 18.4. The van der Waals surface area contributed by atoms with E-state index >= 15 is 0 Å². The van der Waals surface area contributed by atoms with Gasteiger partial charge in [-0.2, -0.15) is 5.10 Å². The zero-order valence-electron chi connectivity index (χ0n) is 15.8. The van der Waals surface area contributed by atoms with Crippen molar-refractivity contribution in [3.63, 3.8) is 0 Å². The molecular weight excluding hydrogens is 365 g/mol. The number of carbonyl (C=O) groups is 2. The van der Waals surface area contributed by atoms with Gasteiger partial charge >= 0.3 is 0 Å². The lowest BCUT2D eigenvalue weighted by molar-refractivity contribution is -0.126. The second-order valence-electron chi connectivity index (χ2n) is 7.36. The Balaban J connectivity index is 1.55. The smallest absolute Gasteiger partial charge is 0.272 e. The Labute approximate surface area is 161 Å². The molecule has 9 heteroatoms. The third kappa shape index (κ3) is 3.10. The van der Waals surface area contributed by atoms with E-state index in [4.69, 9.17) is 4.74 Å². The predicted octanol–water partition coefficient (Wildman–Crippen LogP) is 1.75. The average Bonchev–Trinajstić information content (AvgIpc) is 3.29. The van der Waals surface area contributed by atoms with Crippen molar-refractivity contribution in [3.05, 3.63) is 29.8 Å². The van der Waals surface area contributed by atoms with E-state index < -0.39 is 5.82 Å². The number of hydrogen-bond acceptors (Lipinski definition) is 5. The van der Waals surface area contributed by atoms with Crippen LogP contribution in [0.4, 0.5) is 4.39 Å². The van der Waals surface area contributed by atoms with E-state index in [1.165, 1.54) is 13.2 Å². The van der Waals surface area contributed by atoms with Crippen LogP contribution in [0.5, 0.6) is 5.88 Å². The summed E-state index contributed by atoms with van der Waals surface area (Å²) in [6.07, 6.45) is 4.15. The van der Waals surface area contributed by atoms with Gasteiger partial charge in [-0.3, -0.25) is 14.7 Å². The van der Waals surface area contributed by atoms with Crippen LogP contribution in [0.3, 0.4) is 0 Å². The number of rotatable bonds is 4. The van der Waals surface area contributed by atoms with Gasteiger partial charge in [0.1, 0.15) is 5.69 Å². The van der Waals surface area contributed by atoms with E-state index in [2.05, 4.69) is 20.5 Å². The third-order valence-electron chi connectivity index (χ3n) is 5.71. The molecule has 1 saturated heterocycles. The van der Waals surface area contributed by atoms with Crippen LogP contribution in [-0.4, -0.2) is 58.1 Å². The zero-order valence-corrected chi connectivity index (χ0v) is 15.8. The van der Waals surface area contributed by atoms with Crippen molar-refractivity contribution in [2.45, 2.75) is 31.2 Å². The second-order valence-corrected chi connectivity index (χ2v) is 7.36. The van der Waals surface area contributed by atoms with Gasteiger partial charge in [-0.05, 0) is 31.7 Å². The van der Waals surface area contributed by atoms with Crippen molar-refractivity contribution in [2.75, 3.05) is 20.7 Å². The van der Waals surface area contributed by atoms with Crippen LogP contribution in [0.25, 0.3) is 11.3 Å². The highest BCUT2D eigenvalue weighted by atomic mass is 19.1. The molecule has 1 aliphatic heterocycles. The number of carbonyl (C=O) groups excluding carboxylic acids is 2. The summed E-state index contributed by atoms with van der Waals surface area (Å²) >= 11 is 0. The number of nitrogens with one attached hydrogen (secondary N) is 2. The number of methoxy groups -OCH3 is 1. The average molecular weight is 387 g/mol. The molecule has 0 bridgehead atoms. The van der Waals surface area contributed by atoms with Crippen LogP contribution in [0, 0.1) is 11.7 Å². The summed E-state index contributed by atoms with van der Waals surface area (Å²) in [7, 11) is 3.08. The molecule has 1 spiro atoms. The summed E-state index contributed by atoms with van der Waals surface area (Å²) < 4.78 is 19.2. The van der Waals surface area contributed by atoms with Gasteiger partial charge in [0.2, 0.25) is 11.8 Å². The molecule has 8 nitrogen and oxygen atoms in total. The molecule has 2 aromatic heterocycles. The van der Waals surface area contributed by atoms with Gasteiger partial charge in [0, 0.05) is 36.7 Å². The molecule has 1 atom stereocenters. The van der Waals surface area contributed by atoms with Crippen LogP contribution in [0.1, 0.15) is 36.2 Å². The van der Waals surface area contributed by atoms with Crippen molar-refractivity contribution in [1.82, 2.24) is 25.4 Å². The van der Waals surface area contributed by atoms with Crippen LogP contribution < -0.4 is 10.1 Å². The quantitative estimate of drug-likeness (QED) is 0.833. The first-order chi connectivity index (χ1) is 13.5.